The van der Waals surface area contributed by atoms with Crippen LogP contribution in [0.3, 0.4) is 0 Å². The van der Waals surface area contributed by atoms with Gasteiger partial charge in [0.2, 0.25) is 0 Å². The SMILES string of the molecule is CC(=O)C1(c2ccc([N+](=O)[O-])cc2F)CC1. The number of Topliss-reactive ketones (excluding diaryl/α,β-unsaturated/α-hetero) is 1. The fraction of sp³-hybridized carbons (Fsp3) is 0.364. The van der Waals surface area contributed by atoms with E-state index >= 15 is 0 Å². The number of hydrogen-bond acceptors (Lipinski definition) is 3. The Morgan fingerprint density at radius 3 is 2.50 bits per heavy atom. The number of benzene rings is 1. The number of nitro groups is 1. The summed E-state index contributed by atoms with van der Waals surface area (Å²) in [4.78, 5) is 21.2. The van der Waals surface area contributed by atoms with Crippen LogP contribution in [0.4, 0.5) is 10.1 Å². The Labute approximate surface area is 91.2 Å². The Morgan fingerprint density at radius 1 is 1.50 bits per heavy atom. The second kappa shape index (κ2) is 3.37. The van der Waals surface area contributed by atoms with E-state index in [4.69, 9.17) is 0 Å². The van der Waals surface area contributed by atoms with Gasteiger partial charge in [-0.25, -0.2) is 4.39 Å². The molecule has 1 fully saturated rings. The highest BCUT2D eigenvalue weighted by Crippen LogP contribution is 2.50. The van der Waals surface area contributed by atoms with Gasteiger partial charge in [0.15, 0.2) is 0 Å². The summed E-state index contributed by atoms with van der Waals surface area (Å²) < 4.78 is 13.6. The molecule has 16 heavy (non-hydrogen) atoms. The predicted octanol–water partition coefficient (Wildman–Crippen LogP) is 2.35. The van der Waals surface area contributed by atoms with Crippen LogP contribution < -0.4 is 0 Å². The maximum absolute atomic E-state index is 13.6. The molecule has 0 heterocycles. The first-order valence-electron chi connectivity index (χ1n) is 4.93. The Hall–Kier alpha value is -1.78. The van der Waals surface area contributed by atoms with Gasteiger partial charge in [0, 0.05) is 11.6 Å². The van der Waals surface area contributed by atoms with Crippen molar-refractivity contribution in [3.05, 3.63) is 39.7 Å². The van der Waals surface area contributed by atoms with E-state index < -0.39 is 16.2 Å². The van der Waals surface area contributed by atoms with E-state index in [0.717, 1.165) is 6.07 Å². The van der Waals surface area contributed by atoms with Crippen LogP contribution in [0, 0.1) is 15.9 Å². The third-order valence-corrected chi connectivity index (χ3v) is 3.10. The van der Waals surface area contributed by atoms with Crippen molar-refractivity contribution in [2.24, 2.45) is 0 Å². The molecule has 84 valence electrons. The predicted molar refractivity (Wildman–Crippen MR) is 54.6 cm³/mol. The van der Waals surface area contributed by atoms with Crippen LogP contribution in [0.15, 0.2) is 18.2 Å². The lowest BCUT2D eigenvalue weighted by atomic mass is 9.91. The van der Waals surface area contributed by atoms with Gasteiger partial charge >= 0.3 is 0 Å². The number of non-ortho nitro benzene ring substituents is 1. The van der Waals surface area contributed by atoms with Crippen molar-refractivity contribution in [1.29, 1.82) is 0 Å². The molecular weight excluding hydrogens is 213 g/mol. The second-order valence-electron chi connectivity index (χ2n) is 4.06. The lowest BCUT2D eigenvalue weighted by Crippen LogP contribution is -2.18. The molecule has 5 heteroatoms. The van der Waals surface area contributed by atoms with Crippen LogP contribution in [0.1, 0.15) is 25.3 Å². The lowest BCUT2D eigenvalue weighted by Gasteiger charge is -2.12. The van der Waals surface area contributed by atoms with E-state index in [9.17, 15) is 19.3 Å². The molecule has 0 aromatic heterocycles. The van der Waals surface area contributed by atoms with Crippen LogP contribution >= 0.6 is 0 Å². The first kappa shape index (κ1) is 10.7. The van der Waals surface area contributed by atoms with E-state index in [0.29, 0.717) is 12.8 Å². The van der Waals surface area contributed by atoms with E-state index in [-0.39, 0.29) is 17.0 Å². The van der Waals surface area contributed by atoms with Crippen molar-refractivity contribution in [2.45, 2.75) is 25.2 Å². The standard InChI is InChI=1S/C11H10FNO3/c1-7(14)11(4-5-11)9-3-2-8(13(15)16)6-10(9)12/h2-3,6H,4-5H2,1H3. The van der Waals surface area contributed by atoms with Gasteiger partial charge < -0.3 is 0 Å². The van der Waals surface area contributed by atoms with Gasteiger partial charge in [-0.2, -0.15) is 0 Å². The van der Waals surface area contributed by atoms with E-state index in [1.54, 1.807) is 0 Å². The number of nitrogens with zero attached hydrogens (tertiary/aromatic N) is 1. The zero-order valence-corrected chi connectivity index (χ0v) is 8.70. The Morgan fingerprint density at radius 2 is 2.12 bits per heavy atom. The van der Waals surface area contributed by atoms with Crippen molar-refractivity contribution in [2.75, 3.05) is 0 Å². The van der Waals surface area contributed by atoms with Crippen molar-refractivity contribution >= 4 is 11.5 Å². The Balaban J connectivity index is 2.45. The van der Waals surface area contributed by atoms with Gasteiger partial charge in [-0.05, 0) is 25.8 Å². The van der Waals surface area contributed by atoms with Crippen molar-refractivity contribution in [3.8, 4) is 0 Å². The fourth-order valence-electron chi connectivity index (χ4n) is 1.94. The average molecular weight is 223 g/mol. The highest BCUT2D eigenvalue weighted by Gasteiger charge is 2.50. The molecule has 0 N–H and O–H groups in total. The molecule has 0 bridgehead atoms. The van der Waals surface area contributed by atoms with Gasteiger partial charge in [-0.1, -0.05) is 0 Å². The molecule has 0 unspecified atom stereocenters. The minimum atomic E-state index is -0.723. The molecule has 0 atom stereocenters. The van der Waals surface area contributed by atoms with Crippen molar-refractivity contribution < 1.29 is 14.1 Å². The molecule has 0 radical (unpaired) electrons. The lowest BCUT2D eigenvalue weighted by molar-refractivity contribution is -0.385. The molecule has 0 spiro atoms. The minimum absolute atomic E-state index is 0.0831. The first-order valence-corrected chi connectivity index (χ1v) is 4.93. The summed E-state index contributed by atoms with van der Waals surface area (Å²) in [6.45, 7) is 1.42. The minimum Gasteiger partial charge on any atom is -0.299 e. The third kappa shape index (κ3) is 1.48. The van der Waals surface area contributed by atoms with Crippen LogP contribution in [0.25, 0.3) is 0 Å². The zero-order valence-electron chi connectivity index (χ0n) is 8.70. The molecule has 1 aliphatic rings. The summed E-state index contributed by atoms with van der Waals surface area (Å²) in [5.41, 5.74) is -0.731. The van der Waals surface area contributed by atoms with E-state index in [1.807, 2.05) is 0 Å². The Kier molecular flexibility index (Phi) is 2.26. The smallest absolute Gasteiger partial charge is 0.272 e. The normalized spacial score (nSPS) is 16.9. The maximum Gasteiger partial charge on any atom is 0.272 e. The molecule has 0 saturated heterocycles. The van der Waals surface area contributed by atoms with Gasteiger partial charge in [-0.3, -0.25) is 14.9 Å². The van der Waals surface area contributed by atoms with Crippen LogP contribution in [0.5, 0.6) is 0 Å². The average Bonchev–Trinajstić information content (AvgIpc) is 2.98. The van der Waals surface area contributed by atoms with Crippen LogP contribution in [-0.4, -0.2) is 10.7 Å². The highest BCUT2D eigenvalue weighted by atomic mass is 19.1. The number of hydrogen-bond donors (Lipinski definition) is 0. The van der Waals surface area contributed by atoms with E-state index in [2.05, 4.69) is 0 Å². The van der Waals surface area contributed by atoms with Gasteiger partial charge in [0.25, 0.3) is 5.69 Å². The molecule has 1 aromatic rings. The van der Waals surface area contributed by atoms with Crippen molar-refractivity contribution in [1.82, 2.24) is 0 Å². The van der Waals surface area contributed by atoms with Crippen molar-refractivity contribution in [3.63, 3.8) is 0 Å². The summed E-state index contributed by atoms with van der Waals surface area (Å²) in [7, 11) is 0. The number of carbonyl (C=O) groups excluding carboxylic acids is 1. The summed E-state index contributed by atoms with van der Waals surface area (Å²) >= 11 is 0. The number of nitro benzene ring substituents is 1. The molecule has 0 amide bonds. The largest absolute Gasteiger partial charge is 0.299 e. The van der Waals surface area contributed by atoms with Gasteiger partial charge in [0.1, 0.15) is 11.6 Å². The molecule has 1 aromatic carbocycles. The summed E-state index contributed by atoms with van der Waals surface area (Å²) in [5, 5.41) is 10.4. The molecular formula is C11H10FNO3. The highest BCUT2D eigenvalue weighted by molar-refractivity contribution is 5.91. The Bertz CT molecular complexity index is 480. The quantitative estimate of drug-likeness (QED) is 0.583. The summed E-state index contributed by atoms with van der Waals surface area (Å²) in [6, 6.07) is 3.46. The first-order chi connectivity index (χ1) is 7.47. The monoisotopic (exact) mass is 223 g/mol. The molecule has 1 aliphatic carbocycles. The molecule has 2 rings (SSSR count). The van der Waals surface area contributed by atoms with Gasteiger partial charge in [0.05, 0.1) is 16.4 Å². The zero-order chi connectivity index (χ0) is 11.9. The number of ketones is 1. The van der Waals surface area contributed by atoms with Gasteiger partial charge in [-0.15, -0.1) is 0 Å². The van der Waals surface area contributed by atoms with Crippen LogP contribution in [0.2, 0.25) is 0 Å². The van der Waals surface area contributed by atoms with E-state index in [1.165, 1.54) is 19.1 Å². The summed E-state index contributed by atoms with van der Waals surface area (Å²) in [5.74, 6) is -0.748. The number of halogens is 1. The fourth-order valence-corrected chi connectivity index (χ4v) is 1.94. The van der Waals surface area contributed by atoms with Crippen LogP contribution in [-0.2, 0) is 10.2 Å². The number of carbonyl (C=O) groups is 1. The number of rotatable bonds is 3. The summed E-state index contributed by atoms with van der Waals surface area (Å²) in [6.07, 6.45) is 1.24. The maximum atomic E-state index is 13.6. The molecule has 1 saturated carbocycles. The second-order valence-corrected chi connectivity index (χ2v) is 4.06. The third-order valence-electron chi connectivity index (χ3n) is 3.10. The molecule has 0 aliphatic heterocycles. The topological polar surface area (TPSA) is 60.2 Å². The molecule has 4 nitrogen and oxygen atoms in total.